The summed E-state index contributed by atoms with van der Waals surface area (Å²) in [7, 11) is 0. The van der Waals surface area contributed by atoms with E-state index in [2.05, 4.69) is 33.1 Å². The van der Waals surface area contributed by atoms with Gasteiger partial charge < -0.3 is 9.73 Å². The van der Waals surface area contributed by atoms with Crippen LogP contribution in [0.4, 0.5) is 5.00 Å². The number of furan rings is 1. The number of fused-ring (bicyclic) bond motifs is 1. The van der Waals surface area contributed by atoms with Crippen molar-refractivity contribution >= 4 is 34.0 Å². The van der Waals surface area contributed by atoms with Crippen LogP contribution in [0.3, 0.4) is 0 Å². The number of carbonyl (C=O) groups is 1. The van der Waals surface area contributed by atoms with Crippen LogP contribution in [0.25, 0.3) is 11.6 Å². The Morgan fingerprint density at radius 2 is 2.18 bits per heavy atom. The maximum absolute atomic E-state index is 12.8. The number of anilines is 1. The average molecular weight is 482 g/mol. The third-order valence-corrected chi connectivity index (χ3v) is 8.67. The number of thioether (sulfide) groups is 1. The van der Waals surface area contributed by atoms with Crippen LogP contribution in [0.15, 0.2) is 28.0 Å². The van der Waals surface area contributed by atoms with Crippen LogP contribution in [-0.4, -0.2) is 26.4 Å². The van der Waals surface area contributed by atoms with E-state index in [-0.39, 0.29) is 11.7 Å². The van der Waals surface area contributed by atoms with E-state index in [1.54, 1.807) is 17.6 Å². The van der Waals surface area contributed by atoms with Crippen LogP contribution in [0.1, 0.15) is 67.5 Å². The zero-order chi connectivity index (χ0) is 22.8. The molecule has 3 aromatic heterocycles. The largest absolute Gasteiger partial charge is 0.461 e. The van der Waals surface area contributed by atoms with Crippen LogP contribution in [0, 0.1) is 17.2 Å². The van der Waals surface area contributed by atoms with E-state index in [1.165, 1.54) is 35.9 Å². The van der Waals surface area contributed by atoms with Crippen LogP contribution in [0.2, 0.25) is 0 Å². The van der Waals surface area contributed by atoms with E-state index in [4.69, 9.17) is 4.42 Å². The molecule has 1 fully saturated rings. The molecule has 3 aromatic rings. The molecule has 0 radical (unpaired) electrons. The molecule has 1 N–H and O–H groups in total. The summed E-state index contributed by atoms with van der Waals surface area (Å²) in [6, 6.07) is 6.38. The van der Waals surface area contributed by atoms with Gasteiger partial charge in [-0.3, -0.25) is 9.36 Å². The van der Waals surface area contributed by atoms with Crippen molar-refractivity contribution in [2.75, 3.05) is 11.1 Å². The van der Waals surface area contributed by atoms with E-state index >= 15 is 0 Å². The standard InChI is InChI=1S/C24H27N5O2S2/c1-15-9-10-17-18(13-25)23(33-20(17)12-15)26-21(30)14-32-24-28-27-22(19-8-5-11-31-19)29(24)16-6-3-2-4-7-16/h5,8,11,15-16H,2-4,6-7,9-10,12,14H2,1H3,(H,26,30). The Hall–Kier alpha value is -2.57. The van der Waals surface area contributed by atoms with Crippen LogP contribution in [-0.2, 0) is 17.6 Å². The molecule has 0 saturated heterocycles. The molecule has 1 atom stereocenters. The molecule has 1 amide bonds. The Kier molecular flexibility index (Phi) is 6.56. The molecule has 0 aromatic carbocycles. The van der Waals surface area contributed by atoms with E-state index in [0.717, 1.165) is 48.6 Å². The molecular formula is C24H27N5O2S2. The molecule has 7 nitrogen and oxygen atoms in total. The lowest BCUT2D eigenvalue weighted by molar-refractivity contribution is -0.113. The first kappa shape index (κ1) is 22.2. The predicted octanol–water partition coefficient (Wildman–Crippen LogP) is 5.83. The van der Waals surface area contributed by atoms with Crippen molar-refractivity contribution in [3.63, 3.8) is 0 Å². The number of nitrogens with zero attached hydrogens (tertiary/aromatic N) is 4. The van der Waals surface area contributed by atoms with Gasteiger partial charge in [0.15, 0.2) is 10.9 Å². The fourth-order valence-electron chi connectivity index (χ4n) is 4.87. The quantitative estimate of drug-likeness (QED) is 0.445. The Labute approximate surface area is 201 Å². The van der Waals surface area contributed by atoms with Gasteiger partial charge in [-0.25, -0.2) is 0 Å². The first-order valence-electron chi connectivity index (χ1n) is 11.6. The Bertz CT molecular complexity index is 1170. The monoisotopic (exact) mass is 481 g/mol. The molecule has 0 spiro atoms. The van der Waals surface area contributed by atoms with E-state index in [9.17, 15) is 10.1 Å². The molecule has 9 heteroatoms. The van der Waals surface area contributed by atoms with Gasteiger partial charge in [0, 0.05) is 10.9 Å². The average Bonchev–Trinajstić information content (AvgIpc) is 3.56. The van der Waals surface area contributed by atoms with Crippen molar-refractivity contribution in [3.05, 3.63) is 34.4 Å². The van der Waals surface area contributed by atoms with Gasteiger partial charge in [0.1, 0.15) is 11.1 Å². The Balaban J connectivity index is 1.32. The van der Waals surface area contributed by atoms with E-state index in [0.29, 0.717) is 28.3 Å². The first-order valence-corrected chi connectivity index (χ1v) is 13.4. The third kappa shape index (κ3) is 4.59. The minimum absolute atomic E-state index is 0.124. The summed E-state index contributed by atoms with van der Waals surface area (Å²) in [4.78, 5) is 14.1. The maximum Gasteiger partial charge on any atom is 0.235 e. The summed E-state index contributed by atoms with van der Waals surface area (Å²) >= 11 is 2.95. The van der Waals surface area contributed by atoms with Crippen molar-refractivity contribution in [2.24, 2.45) is 5.92 Å². The molecule has 5 rings (SSSR count). The lowest BCUT2D eigenvalue weighted by Gasteiger charge is -2.25. The van der Waals surface area contributed by atoms with Crippen LogP contribution in [0.5, 0.6) is 0 Å². The molecule has 2 aliphatic carbocycles. The summed E-state index contributed by atoms with van der Waals surface area (Å²) in [5, 5.41) is 22.9. The summed E-state index contributed by atoms with van der Waals surface area (Å²) < 4.78 is 7.76. The summed E-state index contributed by atoms with van der Waals surface area (Å²) in [6.07, 6.45) is 10.4. The van der Waals surface area contributed by atoms with Crippen molar-refractivity contribution < 1.29 is 9.21 Å². The van der Waals surface area contributed by atoms with Gasteiger partial charge in [-0.15, -0.1) is 21.5 Å². The second-order valence-electron chi connectivity index (χ2n) is 8.95. The fraction of sp³-hybridized carbons (Fsp3) is 0.500. The Morgan fingerprint density at radius 1 is 1.33 bits per heavy atom. The molecular weight excluding hydrogens is 454 g/mol. The van der Waals surface area contributed by atoms with Crippen molar-refractivity contribution in [1.82, 2.24) is 14.8 Å². The van der Waals surface area contributed by atoms with Crippen molar-refractivity contribution in [2.45, 2.75) is 69.5 Å². The summed E-state index contributed by atoms with van der Waals surface area (Å²) in [5.74, 6) is 2.13. The number of hydrogen-bond donors (Lipinski definition) is 1. The highest BCUT2D eigenvalue weighted by Gasteiger charge is 2.27. The molecule has 1 unspecified atom stereocenters. The van der Waals surface area contributed by atoms with Crippen LogP contribution >= 0.6 is 23.1 Å². The highest BCUT2D eigenvalue weighted by atomic mass is 32.2. The first-order chi connectivity index (χ1) is 16.1. The van der Waals surface area contributed by atoms with Gasteiger partial charge in [0.05, 0.1) is 17.6 Å². The maximum atomic E-state index is 12.8. The lowest BCUT2D eigenvalue weighted by atomic mass is 9.89. The van der Waals surface area contributed by atoms with Gasteiger partial charge in [-0.1, -0.05) is 37.9 Å². The minimum atomic E-state index is -0.124. The molecule has 1 saturated carbocycles. The molecule has 3 heterocycles. The smallest absolute Gasteiger partial charge is 0.235 e. The number of amides is 1. The summed E-state index contributed by atoms with van der Waals surface area (Å²) in [5.41, 5.74) is 1.77. The number of thiophene rings is 1. The van der Waals surface area contributed by atoms with Gasteiger partial charge >= 0.3 is 0 Å². The molecule has 0 aliphatic heterocycles. The normalized spacial score (nSPS) is 18.6. The number of hydrogen-bond acceptors (Lipinski definition) is 7. The highest BCUT2D eigenvalue weighted by molar-refractivity contribution is 7.99. The van der Waals surface area contributed by atoms with Gasteiger partial charge in [0.2, 0.25) is 11.7 Å². The fourth-order valence-corrected chi connectivity index (χ4v) is 7.05. The second kappa shape index (κ2) is 9.74. The number of nitrogens with one attached hydrogen (secondary N) is 1. The second-order valence-corrected chi connectivity index (χ2v) is 11.0. The third-order valence-electron chi connectivity index (χ3n) is 6.55. The number of carbonyl (C=O) groups excluding carboxylic acids is 1. The predicted molar refractivity (Wildman–Crippen MR) is 129 cm³/mol. The lowest BCUT2D eigenvalue weighted by Crippen LogP contribution is -2.17. The zero-order valence-electron chi connectivity index (χ0n) is 18.7. The Morgan fingerprint density at radius 3 is 2.94 bits per heavy atom. The van der Waals surface area contributed by atoms with Gasteiger partial charge in [-0.05, 0) is 55.7 Å². The molecule has 2 aliphatic rings. The molecule has 172 valence electrons. The number of rotatable bonds is 6. The zero-order valence-corrected chi connectivity index (χ0v) is 20.3. The van der Waals surface area contributed by atoms with Gasteiger partial charge in [0.25, 0.3) is 0 Å². The van der Waals surface area contributed by atoms with Crippen molar-refractivity contribution in [1.29, 1.82) is 5.26 Å². The van der Waals surface area contributed by atoms with E-state index < -0.39 is 0 Å². The van der Waals surface area contributed by atoms with Crippen molar-refractivity contribution in [3.8, 4) is 17.7 Å². The molecule has 0 bridgehead atoms. The number of aromatic nitrogens is 3. The summed E-state index contributed by atoms with van der Waals surface area (Å²) in [6.45, 7) is 2.24. The highest BCUT2D eigenvalue weighted by Crippen LogP contribution is 2.40. The van der Waals surface area contributed by atoms with Crippen LogP contribution < -0.4 is 5.32 Å². The van der Waals surface area contributed by atoms with Gasteiger partial charge in [-0.2, -0.15) is 5.26 Å². The topological polar surface area (TPSA) is 96.7 Å². The van der Waals surface area contributed by atoms with E-state index in [1.807, 2.05) is 12.1 Å². The SMILES string of the molecule is CC1CCc2c(sc(NC(=O)CSc3nnc(-c4ccco4)n3C3CCCCC3)c2C#N)C1. The number of nitriles is 1. The minimum Gasteiger partial charge on any atom is -0.461 e. The molecule has 33 heavy (non-hydrogen) atoms.